The number of ketones is 3. The van der Waals surface area contributed by atoms with Crippen molar-refractivity contribution in [3.63, 3.8) is 0 Å². The number of aryl methyl sites for hydroxylation is 9. The molecule has 12 aromatic rings. The number of aromatic hydroxyl groups is 3. The van der Waals surface area contributed by atoms with Crippen LogP contribution in [0.15, 0.2) is 204 Å². The van der Waals surface area contributed by atoms with Crippen LogP contribution in [0.2, 0.25) is 0 Å². The molecule has 9 aromatic carbocycles. The summed E-state index contributed by atoms with van der Waals surface area (Å²) in [6.07, 6.45) is 7.40. The lowest BCUT2D eigenvalue weighted by Gasteiger charge is -2.07. The molecule has 0 unspecified atom stereocenters. The van der Waals surface area contributed by atoms with E-state index in [0.29, 0.717) is 91.6 Å². The molecular weight excluding hydrogens is 1490 g/mol. The molecule has 0 fully saturated rings. The van der Waals surface area contributed by atoms with Crippen molar-refractivity contribution in [1.82, 2.24) is 0 Å². The normalized spacial score (nSPS) is 11.1. The SMILES string of the molecule is CCc1oc2cc(CCc3ccccc3)ccc2c1C(=O)c1cc(Br)c(O)c(Br)c1.CCc1oc2cc(CCc3ccccc3)ccc2c1C(=O)c1cc(I)c(O)c(I)c1.CCc1oc2cc(CCc3ccccc3)ccc2c1C(=O)c1cc(N)c(O)c(N)c1. The van der Waals surface area contributed by atoms with Crippen molar-refractivity contribution in [3.8, 4) is 17.2 Å². The maximum absolute atomic E-state index is 13.4. The van der Waals surface area contributed by atoms with Crippen molar-refractivity contribution in [2.24, 2.45) is 0 Å². The van der Waals surface area contributed by atoms with E-state index in [9.17, 15) is 29.7 Å². The Morgan fingerprint density at radius 2 is 0.667 bits per heavy atom. The number of nitrogen functional groups attached to an aromatic ring is 2. The predicted octanol–water partition coefficient (Wildman–Crippen LogP) is 19.0. The molecule has 15 heteroatoms. The third-order valence-corrected chi connectivity index (χ3v) is 18.6. The molecule has 11 nitrogen and oxygen atoms in total. The first-order chi connectivity index (χ1) is 43.4. The van der Waals surface area contributed by atoms with E-state index in [1.807, 2.05) is 87.5 Å². The number of anilines is 2. The fourth-order valence-corrected chi connectivity index (χ4v) is 13.9. The third-order valence-electron chi connectivity index (χ3n) is 15.8. The Hall–Kier alpha value is -7.97. The van der Waals surface area contributed by atoms with Gasteiger partial charge in [0.2, 0.25) is 0 Å². The quantitative estimate of drug-likeness (QED) is 0.0237. The number of benzene rings is 9. The van der Waals surface area contributed by atoms with Crippen molar-refractivity contribution >= 4 is 139 Å². The highest BCUT2D eigenvalue weighted by Gasteiger charge is 2.26. The van der Waals surface area contributed by atoms with Crippen LogP contribution in [0.25, 0.3) is 32.9 Å². The van der Waals surface area contributed by atoms with Gasteiger partial charge in [-0.2, -0.15) is 0 Å². The Morgan fingerprint density at radius 1 is 0.378 bits per heavy atom. The van der Waals surface area contributed by atoms with E-state index < -0.39 is 0 Å². The molecule has 456 valence electrons. The number of carbonyl (C=O) groups is 3. The zero-order valence-electron chi connectivity index (χ0n) is 49.6. The molecule has 0 aliphatic carbocycles. The van der Waals surface area contributed by atoms with Crippen LogP contribution in [0, 0.1) is 7.14 Å². The van der Waals surface area contributed by atoms with Crippen molar-refractivity contribution in [3.05, 3.63) is 282 Å². The lowest BCUT2D eigenvalue weighted by molar-refractivity contribution is 0.103. The van der Waals surface area contributed by atoms with Crippen LogP contribution in [0.1, 0.15) is 119 Å². The number of phenolic OH excluding ortho intramolecular Hbond substituents is 3. The molecule has 0 radical (unpaired) electrons. The summed E-state index contributed by atoms with van der Waals surface area (Å²) in [6, 6.07) is 59.0. The lowest BCUT2D eigenvalue weighted by atomic mass is 9.97. The fourth-order valence-electron chi connectivity index (χ4n) is 11.0. The Labute approximate surface area is 566 Å². The molecule has 3 heterocycles. The molecule has 0 amide bonds. The first-order valence-corrected chi connectivity index (χ1v) is 33.3. The second kappa shape index (κ2) is 29.3. The second-order valence-electron chi connectivity index (χ2n) is 21.8. The van der Waals surface area contributed by atoms with E-state index >= 15 is 0 Å². The zero-order chi connectivity index (χ0) is 63.8. The molecule has 0 atom stereocenters. The van der Waals surface area contributed by atoms with Gasteiger partial charge >= 0.3 is 0 Å². The van der Waals surface area contributed by atoms with Crippen LogP contribution in [0.5, 0.6) is 17.2 Å². The van der Waals surface area contributed by atoms with Gasteiger partial charge in [-0.1, -0.05) is 148 Å². The minimum atomic E-state index is -0.221. The number of nitrogens with two attached hydrogens (primary N) is 2. The molecule has 3 aromatic heterocycles. The number of furan rings is 3. The third kappa shape index (κ3) is 14.8. The molecule has 7 N–H and O–H groups in total. The number of fused-ring (bicyclic) bond motifs is 3. The number of hydrogen-bond acceptors (Lipinski definition) is 11. The van der Waals surface area contributed by atoms with Crippen molar-refractivity contribution in [1.29, 1.82) is 0 Å². The van der Waals surface area contributed by atoms with E-state index in [1.54, 1.807) is 24.3 Å². The van der Waals surface area contributed by atoms with E-state index in [1.165, 1.54) is 39.9 Å². The van der Waals surface area contributed by atoms with Crippen molar-refractivity contribution in [2.45, 2.75) is 78.6 Å². The van der Waals surface area contributed by atoms with Gasteiger partial charge in [-0.3, -0.25) is 14.4 Å². The Balaban J connectivity index is 0.000000148. The fraction of sp³-hybridized carbons (Fsp3) is 0.160. The predicted molar refractivity (Wildman–Crippen MR) is 383 cm³/mol. The van der Waals surface area contributed by atoms with Crippen molar-refractivity contribution < 1.29 is 43.0 Å². The molecule has 0 spiro atoms. The van der Waals surface area contributed by atoms with Crippen LogP contribution in [-0.2, 0) is 57.8 Å². The van der Waals surface area contributed by atoms with Gasteiger partial charge in [-0.15, -0.1) is 0 Å². The van der Waals surface area contributed by atoms with Gasteiger partial charge in [0.1, 0.15) is 45.5 Å². The number of hydrogen-bond donors (Lipinski definition) is 5. The van der Waals surface area contributed by atoms with E-state index in [0.717, 1.165) is 71.4 Å². The largest absolute Gasteiger partial charge is 0.506 e. The monoisotopic (exact) mass is 1550 g/mol. The minimum absolute atomic E-state index is 0.0709. The topological polar surface area (TPSA) is 203 Å². The first-order valence-electron chi connectivity index (χ1n) is 29.6. The van der Waals surface area contributed by atoms with Gasteiger partial charge in [0.25, 0.3) is 0 Å². The van der Waals surface area contributed by atoms with E-state index in [4.69, 9.17) is 24.7 Å². The molecule has 0 saturated carbocycles. The second-order valence-corrected chi connectivity index (χ2v) is 25.8. The number of phenols is 3. The summed E-state index contributed by atoms with van der Waals surface area (Å²) >= 11 is 10.7. The highest BCUT2D eigenvalue weighted by atomic mass is 127. The van der Waals surface area contributed by atoms with Gasteiger partial charge < -0.3 is 40.0 Å². The summed E-state index contributed by atoms with van der Waals surface area (Å²) < 4.78 is 20.5. The Bertz CT molecular complexity index is 4080. The molecule has 12 rings (SSSR count). The minimum Gasteiger partial charge on any atom is -0.506 e. The summed E-state index contributed by atoms with van der Waals surface area (Å²) in [5.74, 6) is 1.67. The summed E-state index contributed by atoms with van der Waals surface area (Å²) in [5.41, 5.74) is 24.4. The van der Waals surface area contributed by atoms with Crippen molar-refractivity contribution in [2.75, 3.05) is 11.5 Å². The standard InChI is InChI=1S/C25H20Br2O3.C25H20I2O3.C25H24N2O3/c3*1-2-21-23(24(28)17-13-19(26)25(29)20(27)14-17)18-11-10-16(12-22(18)30-21)9-8-15-6-4-3-5-7-15/h2*3-7,10-14,29H,2,8-9H2,1H3;3-7,10-14,29H,2,8-9,26-27H2,1H3. The van der Waals surface area contributed by atoms with Gasteiger partial charge in [0.15, 0.2) is 23.1 Å². The Kier molecular flexibility index (Phi) is 21.2. The number of halogens is 4. The summed E-state index contributed by atoms with van der Waals surface area (Å²) in [7, 11) is 0. The van der Waals surface area contributed by atoms with Crippen LogP contribution in [0.3, 0.4) is 0 Å². The average Bonchev–Trinajstić information content (AvgIpc) is 1.93. The molecule has 90 heavy (non-hydrogen) atoms. The van der Waals surface area contributed by atoms with E-state index in [2.05, 4.69) is 156 Å². The maximum Gasteiger partial charge on any atom is 0.197 e. The molecule has 0 aliphatic rings. The summed E-state index contributed by atoms with van der Waals surface area (Å²) in [4.78, 5) is 40.0. The zero-order valence-corrected chi connectivity index (χ0v) is 57.1. The summed E-state index contributed by atoms with van der Waals surface area (Å²) in [5, 5.41) is 32.2. The van der Waals surface area contributed by atoms with Gasteiger partial charge in [0.05, 0.1) is 44.2 Å². The highest BCUT2D eigenvalue weighted by molar-refractivity contribution is 14.1. The number of carbonyl (C=O) groups excluding carboxylic acids is 3. The smallest absolute Gasteiger partial charge is 0.197 e. The van der Waals surface area contributed by atoms with E-state index in [-0.39, 0.29) is 46.0 Å². The molecule has 0 bridgehead atoms. The molecule has 0 aliphatic heterocycles. The lowest BCUT2D eigenvalue weighted by Crippen LogP contribution is -2.06. The van der Waals surface area contributed by atoms with Gasteiger partial charge in [-0.25, -0.2) is 0 Å². The average molecular weight is 1550 g/mol. The van der Waals surface area contributed by atoms with Crippen LogP contribution >= 0.6 is 77.0 Å². The Morgan fingerprint density at radius 3 is 0.978 bits per heavy atom. The first kappa shape index (κ1) is 65.0. The van der Waals surface area contributed by atoms with Crippen LogP contribution in [-0.4, -0.2) is 32.7 Å². The molecular formula is C75H64Br2I2N2O9. The maximum atomic E-state index is 13.4. The van der Waals surface area contributed by atoms with Crippen LogP contribution in [0.4, 0.5) is 11.4 Å². The van der Waals surface area contributed by atoms with Gasteiger partial charge in [-0.05, 0) is 204 Å². The number of rotatable bonds is 18. The summed E-state index contributed by atoms with van der Waals surface area (Å²) in [6.45, 7) is 5.92. The van der Waals surface area contributed by atoms with Gasteiger partial charge in [0, 0.05) is 52.1 Å². The van der Waals surface area contributed by atoms with Crippen LogP contribution < -0.4 is 11.5 Å². The highest BCUT2D eigenvalue weighted by Crippen LogP contribution is 2.39. The molecule has 0 saturated heterocycles.